The third kappa shape index (κ3) is 1.92. The molecule has 1 unspecified atom stereocenters. The summed E-state index contributed by atoms with van der Waals surface area (Å²) in [6.45, 7) is 1.03. The SMILES string of the molecule is Cc1cc(C2(O)O[C@H](CO)[C@@H](O)[C@H](O)[C@H]2N)no1. The van der Waals surface area contributed by atoms with Gasteiger partial charge in [-0.15, -0.1) is 0 Å². The highest BCUT2D eigenvalue weighted by atomic mass is 16.7. The topological polar surface area (TPSA) is 142 Å². The molecule has 18 heavy (non-hydrogen) atoms. The Morgan fingerprint density at radius 1 is 1.44 bits per heavy atom. The van der Waals surface area contributed by atoms with Crippen molar-refractivity contribution in [2.24, 2.45) is 5.73 Å². The smallest absolute Gasteiger partial charge is 0.232 e. The van der Waals surface area contributed by atoms with Crippen molar-refractivity contribution < 1.29 is 29.7 Å². The van der Waals surface area contributed by atoms with Crippen LogP contribution in [0.4, 0.5) is 0 Å². The maximum absolute atomic E-state index is 10.4. The first kappa shape index (κ1) is 13.4. The standard InChI is InChI=1S/C10H16N2O6/c1-4-2-6(12-18-4)10(16)9(11)8(15)7(14)5(3-13)17-10/h2,5,7-9,13-16H,3,11H2,1H3/t5-,7-,8+,9-,10?/m1/s1. The van der Waals surface area contributed by atoms with Crippen molar-refractivity contribution in [3.05, 3.63) is 17.5 Å². The number of nitrogens with zero attached hydrogens (tertiary/aromatic N) is 1. The van der Waals surface area contributed by atoms with Crippen molar-refractivity contribution in [3.63, 3.8) is 0 Å². The molecule has 8 heteroatoms. The maximum atomic E-state index is 10.4. The first-order chi connectivity index (χ1) is 8.40. The summed E-state index contributed by atoms with van der Waals surface area (Å²) >= 11 is 0. The number of aliphatic hydroxyl groups is 4. The zero-order valence-electron chi connectivity index (χ0n) is 9.72. The van der Waals surface area contributed by atoms with E-state index >= 15 is 0 Å². The second-order valence-corrected chi connectivity index (χ2v) is 4.37. The lowest BCUT2D eigenvalue weighted by atomic mass is 9.89. The molecule has 0 aliphatic carbocycles. The van der Waals surface area contributed by atoms with Crippen LogP contribution in [0.5, 0.6) is 0 Å². The minimum Gasteiger partial charge on any atom is -0.394 e. The van der Waals surface area contributed by atoms with Crippen LogP contribution in [-0.2, 0) is 10.5 Å². The van der Waals surface area contributed by atoms with Gasteiger partial charge in [-0.3, -0.25) is 0 Å². The van der Waals surface area contributed by atoms with E-state index in [4.69, 9.17) is 20.1 Å². The number of hydrogen-bond acceptors (Lipinski definition) is 8. The summed E-state index contributed by atoms with van der Waals surface area (Å²) in [6.07, 6.45) is -4.02. The van der Waals surface area contributed by atoms with Gasteiger partial charge in [-0.05, 0) is 6.92 Å². The Hall–Kier alpha value is -1.03. The van der Waals surface area contributed by atoms with Crippen LogP contribution < -0.4 is 5.73 Å². The van der Waals surface area contributed by atoms with E-state index in [-0.39, 0.29) is 5.69 Å². The largest absolute Gasteiger partial charge is 0.394 e. The average Bonchev–Trinajstić information content (AvgIpc) is 2.78. The molecule has 1 aliphatic heterocycles. The van der Waals surface area contributed by atoms with Gasteiger partial charge in [0.05, 0.1) is 12.6 Å². The molecule has 0 saturated carbocycles. The Morgan fingerprint density at radius 2 is 2.11 bits per heavy atom. The molecule has 0 spiro atoms. The van der Waals surface area contributed by atoms with Crippen molar-refractivity contribution in [1.29, 1.82) is 0 Å². The average molecular weight is 260 g/mol. The predicted molar refractivity (Wildman–Crippen MR) is 57.1 cm³/mol. The van der Waals surface area contributed by atoms with Crippen LogP contribution in [0.3, 0.4) is 0 Å². The highest BCUT2D eigenvalue weighted by Crippen LogP contribution is 2.34. The van der Waals surface area contributed by atoms with E-state index in [0.29, 0.717) is 5.76 Å². The fraction of sp³-hybridized carbons (Fsp3) is 0.700. The van der Waals surface area contributed by atoms with Gasteiger partial charge in [0, 0.05) is 6.07 Å². The number of hydrogen-bond donors (Lipinski definition) is 5. The first-order valence-corrected chi connectivity index (χ1v) is 5.46. The number of nitrogens with two attached hydrogens (primary N) is 1. The molecule has 1 aliphatic rings. The van der Waals surface area contributed by atoms with Crippen molar-refractivity contribution >= 4 is 0 Å². The molecular weight excluding hydrogens is 244 g/mol. The highest BCUT2D eigenvalue weighted by Gasteiger charge is 2.54. The summed E-state index contributed by atoms with van der Waals surface area (Å²) in [4.78, 5) is 0. The minimum absolute atomic E-state index is 0.0168. The Labute approximate surface area is 103 Å². The number of aryl methyl sites for hydroxylation is 1. The van der Waals surface area contributed by atoms with Crippen molar-refractivity contribution in [2.75, 3.05) is 6.61 Å². The molecule has 2 rings (SSSR count). The van der Waals surface area contributed by atoms with Gasteiger partial charge in [0.15, 0.2) is 0 Å². The summed E-state index contributed by atoms with van der Waals surface area (Å²) in [5.41, 5.74) is 5.64. The molecule has 0 bridgehead atoms. The third-order valence-corrected chi connectivity index (χ3v) is 3.06. The molecule has 102 valence electrons. The molecule has 1 saturated heterocycles. The predicted octanol–water partition coefficient (Wildman–Crippen LogP) is -2.43. The Bertz CT molecular complexity index is 422. The van der Waals surface area contributed by atoms with Gasteiger partial charge in [-0.25, -0.2) is 0 Å². The Morgan fingerprint density at radius 3 is 2.61 bits per heavy atom. The van der Waals surface area contributed by atoms with Gasteiger partial charge in [0.2, 0.25) is 5.79 Å². The second kappa shape index (κ2) is 4.57. The number of aromatic nitrogens is 1. The van der Waals surface area contributed by atoms with Gasteiger partial charge in [0.1, 0.15) is 29.8 Å². The monoisotopic (exact) mass is 260 g/mol. The van der Waals surface area contributed by atoms with Crippen LogP contribution in [0.25, 0.3) is 0 Å². The molecule has 6 N–H and O–H groups in total. The molecule has 0 aromatic carbocycles. The quantitative estimate of drug-likeness (QED) is 0.395. The Balaban J connectivity index is 2.36. The summed E-state index contributed by atoms with van der Waals surface area (Å²) < 4.78 is 9.98. The van der Waals surface area contributed by atoms with E-state index in [9.17, 15) is 15.3 Å². The number of aliphatic hydroxyl groups excluding tert-OH is 3. The zero-order valence-corrected chi connectivity index (χ0v) is 9.72. The fourth-order valence-corrected chi connectivity index (χ4v) is 1.95. The van der Waals surface area contributed by atoms with Crippen LogP contribution in [-0.4, -0.2) is 56.5 Å². The normalized spacial score (nSPS) is 41.0. The lowest BCUT2D eigenvalue weighted by Gasteiger charge is -2.44. The number of ether oxygens (including phenoxy) is 1. The molecule has 1 aromatic rings. The lowest BCUT2D eigenvalue weighted by Crippen LogP contribution is -2.66. The van der Waals surface area contributed by atoms with Crippen LogP contribution in [0.15, 0.2) is 10.6 Å². The van der Waals surface area contributed by atoms with Gasteiger partial charge in [-0.1, -0.05) is 5.16 Å². The van der Waals surface area contributed by atoms with Gasteiger partial charge >= 0.3 is 0 Å². The van der Waals surface area contributed by atoms with Crippen molar-refractivity contribution in [2.45, 2.75) is 37.1 Å². The molecule has 0 radical (unpaired) electrons. The molecule has 5 atom stereocenters. The van der Waals surface area contributed by atoms with E-state index in [2.05, 4.69) is 5.16 Å². The van der Waals surface area contributed by atoms with Crippen LogP contribution >= 0.6 is 0 Å². The molecule has 1 fully saturated rings. The summed E-state index contributed by atoms with van der Waals surface area (Å²) in [6, 6.07) is 0.0819. The van der Waals surface area contributed by atoms with Gasteiger partial charge in [0.25, 0.3) is 0 Å². The first-order valence-electron chi connectivity index (χ1n) is 5.46. The fourth-order valence-electron chi connectivity index (χ4n) is 1.95. The van der Waals surface area contributed by atoms with Crippen molar-refractivity contribution in [1.82, 2.24) is 5.16 Å². The Kier molecular flexibility index (Phi) is 3.41. The van der Waals surface area contributed by atoms with E-state index in [0.717, 1.165) is 0 Å². The summed E-state index contributed by atoms with van der Waals surface area (Å²) in [5, 5.41) is 42.4. The zero-order chi connectivity index (χ0) is 13.5. The molecule has 1 aromatic heterocycles. The van der Waals surface area contributed by atoms with Gasteiger partial charge < -0.3 is 35.4 Å². The van der Waals surface area contributed by atoms with E-state index in [1.165, 1.54) is 6.07 Å². The maximum Gasteiger partial charge on any atom is 0.232 e. The van der Waals surface area contributed by atoms with Crippen LogP contribution in [0, 0.1) is 6.92 Å². The second-order valence-electron chi connectivity index (χ2n) is 4.37. The van der Waals surface area contributed by atoms with Crippen molar-refractivity contribution in [3.8, 4) is 0 Å². The molecule has 0 amide bonds. The summed E-state index contributed by atoms with van der Waals surface area (Å²) in [5.74, 6) is -1.69. The van der Waals surface area contributed by atoms with Crippen LogP contribution in [0.1, 0.15) is 11.5 Å². The lowest BCUT2D eigenvalue weighted by molar-refractivity contribution is -0.324. The number of rotatable bonds is 2. The molecular formula is C10H16N2O6. The third-order valence-electron chi connectivity index (χ3n) is 3.06. The molecule has 8 nitrogen and oxygen atoms in total. The summed E-state index contributed by atoms with van der Waals surface area (Å²) in [7, 11) is 0. The van der Waals surface area contributed by atoms with E-state index < -0.39 is 36.7 Å². The highest BCUT2D eigenvalue weighted by molar-refractivity contribution is 5.16. The molecule has 2 heterocycles. The van der Waals surface area contributed by atoms with E-state index in [1.54, 1.807) is 6.92 Å². The van der Waals surface area contributed by atoms with Crippen LogP contribution in [0.2, 0.25) is 0 Å². The van der Waals surface area contributed by atoms with Gasteiger partial charge in [-0.2, -0.15) is 0 Å². The van der Waals surface area contributed by atoms with E-state index in [1.807, 2.05) is 0 Å². The minimum atomic E-state index is -2.12.